The summed E-state index contributed by atoms with van der Waals surface area (Å²) < 4.78 is 0. The number of nitrogens with one attached hydrogen (secondary N) is 1. The van der Waals surface area contributed by atoms with Crippen molar-refractivity contribution >= 4 is 23.3 Å². The molecule has 3 heteroatoms. The lowest BCUT2D eigenvalue weighted by Gasteiger charge is -2.03. The van der Waals surface area contributed by atoms with E-state index >= 15 is 0 Å². The first-order valence-electron chi connectivity index (χ1n) is 4.39. The van der Waals surface area contributed by atoms with E-state index in [0.29, 0.717) is 0 Å². The Labute approximate surface area is 89.8 Å². The van der Waals surface area contributed by atoms with Crippen LogP contribution in [0, 0.1) is 0 Å². The van der Waals surface area contributed by atoms with Gasteiger partial charge in [0.1, 0.15) is 0 Å². The molecule has 0 aliphatic carbocycles. The zero-order valence-corrected chi connectivity index (χ0v) is 8.84. The van der Waals surface area contributed by atoms with E-state index in [-0.39, 0.29) is 12.4 Å². The molecule has 2 nitrogen and oxygen atoms in total. The fourth-order valence-electron chi connectivity index (χ4n) is 1.51. The van der Waals surface area contributed by atoms with E-state index in [0.717, 1.165) is 12.1 Å². The van der Waals surface area contributed by atoms with Gasteiger partial charge < -0.3 is 5.32 Å². The molecular weight excluding hydrogens is 196 g/mol. The van der Waals surface area contributed by atoms with Gasteiger partial charge >= 0.3 is 0 Å². The van der Waals surface area contributed by atoms with Gasteiger partial charge in [-0.2, -0.15) is 0 Å². The molecule has 0 aliphatic heterocycles. The highest BCUT2D eigenvalue weighted by atomic mass is 35.5. The van der Waals surface area contributed by atoms with Gasteiger partial charge in [-0.25, -0.2) is 0 Å². The Kier molecular flexibility index (Phi) is 3.86. The van der Waals surface area contributed by atoms with Gasteiger partial charge in [-0.1, -0.05) is 18.2 Å². The highest BCUT2D eigenvalue weighted by Gasteiger charge is 1.98. The summed E-state index contributed by atoms with van der Waals surface area (Å²) in [5.41, 5.74) is 2.36. The Morgan fingerprint density at radius 1 is 1.21 bits per heavy atom. The lowest BCUT2D eigenvalue weighted by atomic mass is 10.1. The molecule has 0 unspecified atom stereocenters. The summed E-state index contributed by atoms with van der Waals surface area (Å²) >= 11 is 0. The third kappa shape index (κ3) is 2.03. The fourth-order valence-corrected chi connectivity index (χ4v) is 1.51. The molecular formula is C11H13ClN2. The molecule has 2 rings (SSSR count). The van der Waals surface area contributed by atoms with Crippen molar-refractivity contribution < 1.29 is 0 Å². The summed E-state index contributed by atoms with van der Waals surface area (Å²) in [6.07, 6.45) is 1.82. The number of benzene rings is 1. The Morgan fingerprint density at radius 2 is 2.07 bits per heavy atom. The van der Waals surface area contributed by atoms with Gasteiger partial charge in [0.2, 0.25) is 0 Å². The summed E-state index contributed by atoms with van der Waals surface area (Å²) in [5, 5.41) is 4.38. The van der Waals surface area contributed by atoms with Crippen molar-refractivity contribution in [3.05, 3.63) is 42.1 Å². The second kappa shape index (κ2) is 4.94. The summed E-state index contributed by atoms with van der Waals surface area (Å²) in [7, 11) is 1.95. The Balaban J connectivity index is 0.000000980. The summed E-state index contributed by atoms with van der Waals surface area (Å²) in [6.45, 7) is 0.892. The van der Waals surface area contributed by atoms with E-state index in [1.807, 2.05) is 31.4 Å². The van der Waals surface area contributed by atoms with Crippen molar-refractivity contribution in [1.29, 1.82) is 0 Å². The molecule has 1 N–H and O–H groups in total. The molecule has 0 saturated heterocycles. The third-order valence-electron chi connectivity index (χ3n) is 2.10. The maximum absolute atomic E-state index is 4.30. The van der Waals surface area contributed by atoms with Gasteiger partial charge in [-0.05, 0) is 24.7 Å². The molecule has 1 aromatic carbocycles. The minimum Gasteiger partial charge on any atom is -0.316 e. The van der Waals surface area contributed by atoms with Crippen LogP contribution < -0.4 is 5.32 Å². The number of aromatic nitrogens is 1. The molecule has 0 fully saturated rings. The maximum atomic E-state index is 4.30. The van der Waals surface area contributed by atoms with E-state index in [1.165, 1.54) is 10.9 Å². The minimum absolute atomic E-state index is 0. The fraction of sp³-hybridized carbons (Fsp3) is 0.182. The second-order valence-corrected chi connectivity index (χ2v) is 3.02. The zero-order chi connectivity index (χ0) is 9.10. The van der Waals surface area contributed by atoms with Crippen LogP contribution in [0.25, 0.3) is 10.9 Å². The number of hydrogen-bond donors (Lipinski definition) is 1. The number of pyridine rings is 1. The monoisotopic (exact) mass is 208 g/mol. The average Bonchev–Trinajstić information content (AvgIpc) is 2.19. The van der Waals surface area contributed by atoms with E-state index in [2.05, 4.69) is 22.4 Å². The number of fused-ring (bicyclic) bond motifs is 1. The highest BCUT2D eigenvalue weighted by molar-refractivity contribution is 5.85. The number of nitrogens with zero attached hydrogens (tertiary/aromatic N) is 1. The summed E-state index contributed by atoms with van der Waals surface area (Å²) in [5.74, 6) is 0. The first-order valence-corrected chi connectivity index (χ1v) is 4.39. The van der Waals surface area contributed by atoms with Gasteiger partial charge in [0.15, 0.2) is 0 Å². The Morgan fingerprint density at radius 3 is 2.86 bits per heavy atom. The lowest BCUT2D eigenvalue weighted by molar-refractivity contribution is 0.823. The van der Waals surface area contributed by atoms with Crippen molar-refractivity contribution in [2.45, 2.75) is 6.54 Å². The summed E-state index contributed by atoms with van der Waals surface area (Å²) in [4.78, 5) is 4.30. The van der Waals surface area contributed by atoms with Gasteiger partial charge in [0.25, 0.3) is 0 Å². The molecule has 2 aromatic rings. The van der Waals surface area contributed by atoms with Gasteiger partial charge in [0.05, 0.1) is 5.52 Å². The molecule has 74 valence electrons. The summed E-state index contributed by atoms with van der Waals surface area (Å²) in [6, 6.07) is 10.3. The van der Waals surface area contributed by atoms with E-state index in [1.54, 1.807) is 0 Å². The molecule has 0 spiro atoms. The van der Waals surface area contributed by atoms with Crippen LogP contribution >= 0.6 is 12.4 Å². The number of hydrogen-bond acceptors (Lipinski definition) is 2. The van der Waals surface area contributed by atoms with Crippen LogP contribution in [0.1, 0.15) is 5.56 Å². The van der Waals surface area contributed by atoms with Crippen LogP contribution in [0.2, 0.25) is 0 Å². The molecule has 0 radical (unpaired) electrons. The predicted molar refractivity (Wildman–Crippen MR) is 61.8 cm³/mol. The zero-order valence-electron chi connectivity index (χ0n) is 8.03. The van der Waals surface area contributed by atoms with Crippen molar-refractivity contribution in [1.82, 2.24) is 10.3 Å². The predicted octanol–water partition coefficient (Wildman–Crippen LogP) is 2.38. The standard InChI is InChI=1S/C11H12N2.ClH/c1-12-8-9-4-2-6-11-10(9)5-3-7-13-11;/h2-7,12H,8H2,1H3;1H. The molecule has 0 atom stereocenters. The third-order valence-corrected chi connectivity index (χ3v) is 2.10. The Hall–Kier alpha value is -1.12. The largest absolute Gasteiger partial charge is 0.316 e. The SMILES string of the molecule is CNCc1cccc2ncccc12.Cl. The molecule has 1 heterocycles. The molecule has 0 saturated carbocycles. The molecule has 0 aliphatic rings. The van der Waals surface area contributed by atoms with Gasteiger partial charge in [-0.3, -0.25) is 4.98 Å². The van der Waals surface area contributed by atoms with Crippen molar-refractivity contribution in [3.63, 3.8) is 0 Å². The van der Waals surface area contributed by atoms with Crippen LogP contribution in [0.5, 0.6) is 0 Å². The molecule has 0 amide bonds. The number of halogens is 1. The lowest BCUT2D eigenvalue weighted by Crippen LogP contribution is -2.05. The topological polar surface area (TPSA) is 24.9 Å². The second-order valence-electron chi connectivity index (χ2n) is 3.02. The van der Waals surface area contributed by atoms with Crippen LogP contribution in [0.3, 0.4) is 0 Å². The normalized spacial score (nSPS) is 9.79. The first-order chi connectivity index (χ1) is 6.42. The van der Waals surface area contributed by atoms with Crippen molar-refractivity contribution in [3.8, 4) is 0 Å². The van der Waals surface area contributed by atoms with E-state index < -0.39 is 0 Å². The van der Waals surface area contributed by atoms with Crippen molar-refractivity contribution in [2.75, 3.05) is 7.05 Å². The minimum atomic E-state index is 0. The highest BCUT2D eigenvalue weighted by Crippen LogP contribution is 2.15. The first kappa shape index (κ1) is 11.0. The molecule has 0 bridgehead atoms. The van der Waals surface area contributed by atoms with E-state index in [4.69, 9.17) is 0 Å². The van der Waals surface area contributed by atoms with Crippen LogP contribution in [-0.2, 0) is 6.54 Å². The van der Waals surface area contributed by atoms with Gasteiger partial charge in [-0.15, -0.1) is 12.4 Å². The van der Waals surface area contributed by atoms with Crippen LogP contribution in [0.4, 0.5) is 0 Å². The quantitative estimate of drug-likeness (QED) is 0.820. The smallest absolute Gasteiger partial charge is 0.0705 e. The molecule has 1 aromatic heterocycles. The maximum Gasteiger partial charge on any atom is 0.0705 e. The Bertz CT molecular complexity index is 409. The van der Waals surface area contributed by atoms with Gasteiger partial charge in [0, 0.05) is 18.1 Å². The van der Waals surface area contributed by atoms with Crippen LogP contribution in [-0.4, -0.2) is 12.0 Å². The molecule has 14 heavy (non-hydrogen) atoms. The van der Waals surface area contributed by atoms with E-state index in [9.17, 15) is 0 Å². The van der Waals surface area contributed by atoms with Crippen molar-refractivity contribution in [2.24, 2.45) is 0 Å². The van der Waals surface area contributed by atoms with Crippen LogP contribution in [0.15, 0.2) is 36.5 Å². The average molecular weight is 209 g/mol. The number of rotatable bonds is 2.